The number of benzene rings is 4. The number of rotatable bonds is 10. The van der Waals surface area contributed by atoms with Crippen molar-refractivity contribution in [1.82, 2.24) is 15.2 Å². The third kappa shape index (κ3) is 6.32. The van der Waals surface area contributed by atoms with Crippen LogP contribution in [0.3, 0.4) is 0 Å². The molecule has 6 nitrogen and oxygen atoms in total. The summed E-state index contributed by atoms with van der Waals surface area (Å²) in [5, 5.41) is 8.47. The zero-order valence-electron chi connectivity index (χ0n) is 23.3. The lowest BCUT2D eigenvalue weighted by Crippen LogP contribution is -2.30. The molecule has 0 fully saturated rings. The molecule has 2 aromatic heterocycles. The van der Waals surface area contributed by atoms with Crippen molar-refractivity contribution in [3.63, 3.8) is 0 Å². The standard InChI is InChI=1S/C35H31FN4O2/c1-23-32-18-26(13-14-34(32)40-39-23)33-19-31(42-22-29(37)16-24-7-3-2-4-8-24)20-38-35(33)27-10-6-12-30(17-27)41-21-25-9-5-11-28(36)15-25/h2-15,17-20,29H,16,21-22,37H2,1H3,(H,39,40)/t29-/m0/s1. The Bertz CT molecular complexity index is 1820. The van der Waals surface area contributed by atoms with Crippen LogP contribution >= 0.6 is 0 Å². The molecule has 2 heterocycles. The highest BCUT2D eigenvalue weighted by Crippen LogP contribution is 2.36. The molecule has 0 radical (unpaired) electrons. The Hall–Kier alpha value is -5.01. The molecule has 0 aliphatic heterocycles. The molecular weight excluding hydrogens is 527 g/mol. The minimum absolute atomic E-state index is 0.160. The van der Waals surface area contributed by atoms with Crippen LogP contribution in [0.1, 0.15) is 16.8 Å². The van der Waals surface area contributed by atoms with Gasteiger partial charge in [-0.25, -0.2) is 4.39 Å². The third-order valence-electron chi connectivity index (χ3n) is 7.13. The van der Waals surface area contributed by atoms with E-state index in [-0.39, 0.29) is 18.5 Å². The summed E-state index contributed by atoms with van der Waals surface area (Å²) in [5.41, 5.74) is 13.8. The molecule has 0 unspecified atom stereocenters. The Balaban J connectivity index is 1.29. The highest BCUT2D eigenvalue weighted by molar-refractivity contribution is 5.90. The quantitative estimate of drug-likeness (QED) is 0.185. The first-order valence-electron chi connectivity index (χ1n) is 13.9. The number of ether oxygens (including phenoxy) is 2. The van der Waals surface area contributed by atoms with Crippen LogP contribution in [0.5, 0.6) is 11.5 Å². The molecule has 0 saturated heterocycles. The molecule has 6 aromatic rings. The largest absolute Gasteiger partial charge is 0.490 e. The van der Waals surface area contributed by atoms with Crippen molar-refractivity contribution in [1.29, 1.82) is 0 Å². The lowest BCUT2D eigenvalue weighted by Gasteiger charge is -2.16. The van der Waals surface area contributed by atoms with Crippen molar-refractivity contribution in [2.75, 3.05) is 6.61 Å². The molecule has 0 spiro atoms. The summed E-state index contributed by atoms with van der Waals surface area (Å²) in [5.74, 6) is 1.02. The zero-order valence-corrected chi connectivity index (χ0v) is 23.3. The SMILES string of the molecule is Cc1n[nH]c2ccc(-c3cc(OC[C@@H](N)Cc4ccccc4)cnc3-c3cccc(OCc4cccc(F)c4)c3)cc12. The van der Waals surface area contributed by atoms with Gasteiger partial charge in [0.25, 0.3) is 0 Å². The molecule has 4 aromatic carbocycles. The van der Waals surface area contributed by atoms with Gasteiger partial charge in [-0.2, -0.15) is 5.10 Å². The number of hydrogen-bond acceptors (Lipinski definition) is 5. The molecule has 1 atom stereocenters. The van der Waals surface area contributed by atoms with Gasteiger partial charge >= 0.3 is 0 Å². The van der Waals surface area contributed by atoms with E-state index >= 15 is 0 Å². The van der Waals surface area contributed by atoms with E-state index in [1.165, 1.54) is 17.7 Å². The summed E-state index contributed by atoms with van der Waals surface area (Å²) in [6.45, 7) is 2.60. The van der Waals surface area contributed by atoms with Gasteiger partial charge in [0.1, 0.15) is 30.5 Å². The van der Waals surface area contributed by atoms with Crippen LogP contribution in [-0.2, 0) is 13.0 Å². The van der Waals surface area contributed by atoms with Gasteiger partial charge in [-0.1, -0.05) is 60.7 Å². The summed E-state index contributed by atoms with van der Waals surface area (Å²) in [6.07, 6.45) is 2.45. The summed E-state index contributed by atoms with van der Waals surface area (Å²) in [4.78, 5) is 4.85. The molecule has 0 aliphatic rings. The van der Waals surface area contributed by atoms with Crippen molar-refractivity contribution < 1.29 is 13.9 Å². The Morgan fingerprint density at radius 2 is 1.64 bits per heavy atom. The highest BCUT2D eigenvalue weighted by atomic mass is 19.1. The third-order valence-corrected chi connectivity index (χ3v) is 7.13. The molecule has 0 saturated carbocycles. The second-order valence-corrected chi connectivity index (χ2v) is 10.3. The number of nitrogens with two attached hydrogens (primary N) is 1. The first-order chi connectivity index (χ1) is 20.5. The Morgan fingerprint density at radius 1 is 0.810 bits per heavy atom. The lowest BCUT2D eigenvalue weighted by molar-refractivity contribution is 0.287. The number of nitrogens with one attached hydrogen (secondary N) is 1. The van der Waals surface area contributed by atoms with Gasteiger partial charge in [0.15, 0.2) is 0 Å². The molecule has 42 heavy (non-hydrogen) atoms. The van der Waals surface area contributed by atoms with Crippen molar-refractivity contribution in [3.05, 3.63) is 132 Å². The number of H-pyrrole nitrogens is 1. The number of aromatic nitrogens is 3. The van der Waals surface area contributed by atoms with Gasteiger partial charge in [0.05, 0.1) is 23.1 Å². The van der Waals surface area contributed by atoms with Crippen LogP contribution < -0.4 is 15.2 Å². The predicted molar refractivity (Wildman–Crippen MR) is 164 cm³/mol. The summed E-state index contributed by atoms with van der Waals surface area (Å²) in [7, 11) is 0. The maximum absolute atomic E-state index is 13.6. The second kappa shape index (κ2) is 12.2. The molecule has 0 aliphatic carbocycles. The van der Waals surface area contributed by atoms with E-state index in [0.717, 1.165) is 51.0 Å². The summed E-state index contributed by atoms with van der Waals surface area (Å²) >= 11 is 0. The molecule has 6 rings (SSSR count). The molecule has 210 valence electrons. The first kappa shape index (κ1) is 27.2. The van der Waals surface area contributed by atoms with Crippen molar-refractivity contribution in [2.45, 2.75) is 26.0 Å². The number of pyridine rings is 1. The van der Waals surface area contributed by atoms with E-state index in [2.05, 4.69) is 34.5 Å². The normalized spacial score (nSPS) is 11.9. The fourth-order valence-corrected chi connectivity index (χ4v) is 4.99. The van der Waals surface area contributed by atoms with Crippen LogP contribution in [0.2, 0.25) is 0 Å². The van der Waals surface area contributed by atoms with Crippen LogP contribution in [0.25, 0.3) is 33.3 Å². The smallest absolute Gasteiger partial charge is 0.138 e. The minimum Gasteiger partial charge on any atom is -0.490 e. The summed E-state index contributed by atoms with van der Waals surface area (Å²) in [6, 6.07) is 32.4. The zero-order chi connectivity index (χ0) is 28.9. The fraction of sp³-hybridized carbons (Fsp3) is 0.143. The molecule has 7 heteroatoms. The van der Waals surface area contributed by atoms with Crippen molar-refractivity contribution in [3.8, 4) is 33.9 Å². The van der Waals surface area contributed by atoms with Gasteiger partial charge in [0, 0.05) is 22.6 Å². The van der Waals surface area contributed by atoms with E-state index in [9.17, 15) is 4.39 Å². The van der Waals surface area contributed by atoms with Crippen LogP contribution in [0.4, 0.5) is 4.39 Å². The maximum Gasteiger partial charge on any atom is 0.138 e. The lowest BCUT2D eigenvalue weighted by atomic mass is 9.97. The van der Waals surface area contributed by atoms with E-state index in [4.69, 9.17) is 20.2 Å². The average molecular weight is 559 g/mol. The topological polar surface area (TPSA) is 86.0 Å². The number of nitrogens with zero attached hydrogens (tertiary/aromatic N) is 2. The van der Waals surface area contributed by atoms with E-state index in [0.29, 0.717) is 18.1 Å². The van der Waals surface area contributed by atoms with Gasteiger partial charge in [-0.05, 0) is 72.5 Å². The van der Waals surface area contributed by atoms with Crippen LogP contribution in [-0.4, -0.2) is 27.8 Å². The van der Waals surface area contributed by atoms with Gasteiger partial charge < -0.3 is 15.2 Å². The fourth-order valence-electron chi connectivity index (χ4n) is 4.99. The number of aryl methyl sites for hydroxylation is 1. The average Bonchev–Trinajstić information content (AvgIpc) is 3.39. The summed E-state index contributed by atoms with van der Waals surface area (Å²) < 4.78 is 25.8. The Labute approximate surface area is 244 Å². The molecule has 3 N–H and O–H groups in total. The van der Waals surface area contributed by atoms with Gasteiger partial charge in [-0.3, -0.25) is 10.1 Å². The molecular formula is C35H31FN4O2. The Kier molecular flexibility index (Phi) is 7.92. The second-order valence-electron chi connectivity index (χ2n) is 10.3. The highest BCUT2D eigenvalue weighted by Gasteiger charge is 2.15. The molecule has 0 amide bonds. The maximum atomic E-state index is 13.6. The van der Waals surface area contributed by atoms with E-state index in [1.54, 1.807) is 12.3 Å². The first-order valence-corrected chi connectivity index (χ1v) is 13.9. The number of aromatic amines is 1. The van der Waals surface area contributed by atoms with E-state index < -0.39 is 0 Å². The molecule has 0 bridgehead atoms. The van der Waals surface area contributed by atoms with E-state index in [1.807, 2.05) is 67.6 Å². The van der Waals surface area contributed by atoms with Gasteiger partial charge in [0.2, 0.25) is 0 Å². The van der Waals surface area contributed by atoms with Crippen molar-refractivity contribution in [2.24, 2.45) is 5.73 Å². The number of halogens is 1. The van der Waals surface area contributed by atoms with Crippen molar-refractivity contribution >= 4 is 10.9 Å². The number of fused-ring (bicyclic) bond motifs is 1. The van der Waals surface area contributed by atoms with Gasteiger partial charge in [-0.15, -0.1) is 0 Å². The monoisotopic (exact) mass is 558 g/mol. The Morgan fingerprint density at radius 3 is 2.50 bits per heavy atom. The van der Waals surface area contributed by atoms with Crippen LogP contribution in [0.15, 0.2) is 109 Å². The predicted octanol–water partition coefficient (Wildman–Crippen LogP) is 7.27. The van der Waals surface area contributed by atoms with Crippen LogP contribution in [0, 0.1) is 12.7 Å². The number of hydrogen-bond donors (Lipinski definition) is 2. The minimum atomic E-state index is -0.285.